The van der Waals surface area contributed by atoms with Gasteiger partial charge in [0.15, 0.2) is 0 Å². The summed E-state index contributed by atoms with van der Waals surface area (Å²) in [5, 5.41) is 5.33. The second-order valence-corrected chi connectivity index (χ2v) is 7.30. The number of nitrogens with zero attached hydrogens (tertiary/aromatic N) is 3. The van der Waals surface area contributed by atoms with E-state index >= 15 is 0 Å². The van der Waals surface area contributed by atoms with E-state index in [-0.39, 0.29) is 68.1 Å². The maximum absolute atomic E-state index is 13.3. The fourth-order valence-corrected chi connectivity index (χ4v) is 2.92. The summed E-state index contributed by atoms with van der Waals surface area (Å²) in [7, 11) is 0. The average Bonchev–Trinajstić information content (AvgIpc) is 2.62. The van der Waals surface area contributed by atoms with Crippen molar-refractivity contribution in [2.45, 2.75) is 45.2 Å². The van der Waals surface area contributed by atoms with Crippen LogP contribution in [0.25, 0.3) is 0 Å². The van der Waals surface area contributed by atoms with Crippen LogP contribution in [0.15, 0.2) is 24.7 Å². The molecule has 5 nitrogen and oxygen atoms in total. The quantitative estimate of drug-likeness (QED) is 0.330. The van der Waals surface area contributed by atoms with Gasteiger partial charge in [-0.25, -0.2) is 4.98 Å². The second kappa shape index (κ2) is 9.94. The molecule has 0 saturated heterocycles. The van der Waals surface area contributed by atoms with Crippen molar-refractivity contribution in [1.82, 2.24) is 15.0 Å². The molecule has 0 aromatic carbocycles. The minimum absolute atomic E-state index is 0. The third kappa shape index (κ3) is 6.48. The molecule has 2 aromatic heterocycles. The standard InChI is InChI=1S/C18H18F6N5.CH3.U/c1-16(2)5-3-13(16)28-14-12(18(22,23)24)9-27-15(29-14)26-8-10-7-25-6-4-11(10)17(19,20)21;;/h4-7,9,13H,3,8H2,1-2H3,(H2,26,27,28,29);1H3;/q2*-1;+2. The molecule has 3 rings (SSSR count). The van der Waals surface area contributed by atoms with Crippen LogP contribution in [0.1, 0.15) is 37.0 Å². The Morgan fingerprint density at radius 1 is 1.10 bits per heavy atom. The Hall–Kier alpha value is -1.54. The van der Waals surface area contributed by atoms with Crippen molar-refractivity contribution in [2.24, 2.45) is 5.41 Å². The Balaban J connectivity index is 0.00000240. The molecule has 2 heterocycles. The van der Waals surface area contributed by atoms with Gasteiger partial charge in [0.2, 0.25) is 5.95 Å². The summed E-state index contributed by atoms with van der Waals surface area (Å²) < 4.78 is 79.1. The van der Waals surface area contributed by atoms with Crippen LogP contribution in [0, 0.1) is 50.4 Å². The first kappa shape index (κ1) is 27.5. The number of nitrogens with one attached hydrogen (secondary N) is 2. The Morgan fingerprint density at radius 3 is 2.26 bits per heavy atom. The van der Waals surface area contributed by atoms with Crippen molar-refractivity contribution in [2.75, 3.05) is 10.6 Å². The minimum atomic E-state index is -4.68. The third-order valence-corrected chi connectivity index (χ3v) is 4.83. The number of hydrogen-bond donors (Lipinski definition) is 2. The number of hydrogen-bond acceptors (Lipinski definition) is 5. The number of aromatic nitrogens is 3. The summed E-state index contributed by atoms with van der Waals surface area (Å²) >= 11 is 0. The summed E-state index contributed by atoms with van der Waals surface area (Å²) in [6, 6.07) is 0.578. The van der Waals surface area contributed by atoms with E-state index in [0.717, 1.165) is 18.5 Å². The summed E-state index contributed by atoms with van der Waals surface area (Å²) in [4.78, 5) is 11.1. The number of alkyl halides is 6. The first-order chi connectivity index (χ1) is 13.4. The number of halogens is 6. The zero-order valence-corrected chi connectivity index (χ0v) is 21.2. The zero-order chi connectivity index (χ0) is 21.4. The number of rotatable bonds is 5. The van der Waals surface area contributed by atoms with Crippen molar-refractivity contribution >= 4 is 11.8 Å². The predicted molar refractivity (Wildman–Crippen MR) is 100 cm³/mol. The van der Waals surface area contributed by atoms with E-state index in [0.29, 0.717) is 12.6 Å². The Morgan fingerprint density at radius 2 is 1.74 bits per heavy atom. The summed E-state index contributed by atoms with van der Waals surface area (Å²) in [6.07, 6.45) is -4.06. The number of anilines is 2. The van der Waals surface area contributed by atoms with E-state index < -0.39 is 29.3 Å². The first-order valence-corrected chi connectivity index (χ1v) is 8.67. The molecular weight excluding hydrogens is 650 g/mol. The van der Waals surface area contributed by atoms with E-state index in [9.17, 15) is 26.3 Å². The Kier molecular flexibility index (Phi) is 8.82. The second-order valence-electron chi connectivity index (χ2n) is 7.30. The van der Waals surface area contributed by atoms with Crippen molar-refractivity contribution in [3.05, 3.63) is 55.2 Å². The number of pyridine rings is 1. The van der Waals surface area contributed by atoms with E-state index in [1.54, 1.807) is 0 Å². The van der Waals surface area contributed by atoms with Crippen LogP contribution in [-0.4, -0.2) is 21.0 Å². The van der Waals surface area contributed by atoms with Crippen molar-refractivity contribution in [3.63, 3.8) is 0 Å². The average molecular weight is 671 g/mol. The maximum Gasteiger partial charge on any atom is 2.00 e. The van der Waals surface area contributed by atoms with E-state index in [1.165, 1.54) is 0 Å². The van der Waals surface area contributed by atoms with Crippen LogP contribution < -0.4 is 10.6 Å². The molecule has 2 aromatic rings. The summed E-state index contributed by atoms with van der Waals surface area (Å²) in [6.45, 7) is 3.40. The smallest absolute Gasteiger partial charge is 0.371 e. The van der Waals surface area contributed by atoms with Crippen LogP contribution in [0.2, 0.25) is 0 Å². The molecule has 168 valence electrons. The predicted octanol–water partition coefficient (Wildman–Crippen LogP) is 5.39. The molecule has 2 N–H and O–H groups in total. The normalized spacial score (nSPS) is 17.6. The molecule has 0 aliphatic heterocycles. The molecule has 0 bridgehead atoms. The molecule has 1 saturated carbocycles. The van der Waals surface area contributed by atoms with Gasteiger partial charge in [-0.3, -0.25) is 4.98 Å². The van der Waals surface area contributed by atoms with Crippen LogP contribution >= 0.6 is 0 Å². The fraction of sp³-hybridized carbons (Fsp3) is 0.421. The summed E-state index contributed by atoms with van der Waals surface area (Å²) in [5.41, 5.74) is -2.41. The van der Waals surface area contributed by atoms with Gasteiger partial charge in [-0.05, 0) is 12.1 Å². The van der Waals surface area contributed by atoms with Gasteiger partial charge < -0.3 is 24.5 Å². The van der Waals surface area contributed by atoms with E-state index in [2.05, 4.69) is 25.6 Å². The van der Waals surface area contributed by atoms with Gasteiger partial charge in [0, 0.05) is 30.7 Å². The van der Waals surface area contributed by atoms with Crippen molar-refractivity contribution in [1.29, 1.82) is 0 Å². The van der Waals surface area contributed by atoms with Crippen molar-refractivity contribution < 1.29 is 57.5 Å². The molecule has 1 aliphatic rings. The van der Waals surface area contributed by atoms with Gasteiger partial charge in [-0.2, -0.15) is 37.7 Å². The molecule has 0 radical (unpaired) electrons. The third-order valence-electron chi connectivity index (χ3n) is 4.83. The Labute approximate surface area is 200 Å². The van der Waals surface area contributed by atoms with Gasteiger partial charge in [-0.1, -0.05) is 13.8 Å². The zero-order valence-electron chi connectivity index (χ0n) is 17.0. The SMILES string of the molecule is CC1(C)[CH-]CC1Nc1nc(NCc2cnccc2C(F)(F)F)ncc1C(F)(F)F.[CH3-].[U+2]. The largest absolute Gasteiger partial charge is 2.00 e. The van der Waals surface area contributed by atoms with Crippen LogP contribution in [-0.2, 0) is 18.9 Å². The van der Waals surface area contributed by atoms with Gasteiger partial charge >= 0.3 is 43.5 Å². The van der Waals surface area contributed by atoms with E-state index in [1.807, 2.05) is 20.3 Å². The van der Waals surface area contributed by atoms with Crippen LogP contribution in [0.3, 0.4) is 0 Å². The molecule has 1 unspecified atom stereocenters. The van der Waals surface area contributed by atoms with Gasteiger partial charge in [0.05, 0.1) is 5.56 Å². The minimum Gasteiger partial charge on any atom is -0.371 e. The molecule has 31 heavy (non-hydrogen) atoms. The van der Waals surface area contributed by atoms with Gasteiger partial charge in [0.25, 0.3) is 0 Å². The van der Waals surface area contributed by atoms with Gasteiger partial charge in [-0.15, -0.1) is 5.41 Å². The van der Waals surface area contributed by atoms with Crippen LogP contribution in [0.5, 0.6) is 0 Å². The topological polar surface area (TPSA) is 62.7 Å². The molecule has 0 spiro atoms. The maximum atomic E-state index is 13.3. The fourth-order valence-electron chi connectivity index (χ4n) is 2.92. The van der Waals surface area contributed by atoms with E-state index in [4.69, 9.17) is 0 Å². The molecule has 1 atom stereocenters. The molecular formula is C19H21F6N5U. The Bertz CT molecular complexity index is 885. The van der Waals surface area contributed by atoms with Crippen LogP contribution in [0.4, 0.5) is 38.1 Å². The molecule has 12 heteroatoms. The van der Waals surface area contributed by atoms with Gasteiger partial charge in [0.1, 0.15) is 11.4 Å². The molecule has 1 aliphatic carbocycles. The molecule has 1 fully saturated rings. The molecule has 0 amide bonds. The first-order valence-electron chi connectivity index (χ1n) is 8.67. The monoisotopic (exact) mass is 671 g/mol. The van der Waals surface area contributed by atoms with Crippen molar-refractivity contribution in [3.8, 4) is 0 Å². The summed E-state index contributed by atoms with van der Waals surface area (Å²) in [5.74, 6) is -0.637.